The van der Waals surface area contributed by atoms with Crippen LogP contribution in [0.15, 0.2) is 83.8 Å². The molecule has 1 unspecified atom stereocenters. The number of hydrogen-bond acceptors (Lipinski definition) is 13. The van der Waals surface area contributed by atoms with E-state index < -0.39 is 35.2 Å². The number of rotatable bonds is 11. The van der Waals surface area contributed by atoms with Crippen LogP contribution in [-0.4, -0.2) is 62.5 Å². The maximum atomic E-state index is 12.9. The number of carbonyl (C=O) groups excluding carboxylic acids is 3. The number of benzene rings is 3. The Hall–Kier alpha value is -4.16. The maximum Gasteiger partial charge on any atom is 0.339 e. The average molecular weight is 1050 g/mol. The van der Waals surface area contributed by atoms with Gasteiger partial charge in [-0.1, -0.05) is 120 Å². The molecule has 0 bridgehead atoms. The zero-order valence-electron chi connectivity index (χ0n) is 30.2. The number of esters is 2. The number of carbonyl (C=O) groups is 3. The van der Waals surface area contributed by atoms with Crippen LogP contribution in [0.4, 0.5) is 10.7 Å². The highest BCUT2D eigenvalue weighted by atomic mass is 80.0. The number of amides is 2. The van der Waals surface area contributed by atoms with Gasteiger partial charge in [-0.05, 0) is 54.7 Å². The number of nitrogens with zero attached hydrogens (tertiary/aromatic N) is 4. The number of aromatic nitrogens is 3. The minimum absolute atomic E-state index is 0.0233. The number of halogens is 4. The highest BCUT2D eigenvalue weighted by Gasteiger charge is 2.67. The number of methoxy groups -OCH3 is 2. The second kappa shape index (κ2) is 18.9. The van der Waals surface area contributed by atoms with Crippen LogP contribution in [-0.2, 0) is 24.3 Å². The second-order valence-electron chi connectivity index (χ2n) is 12.4. The lowest BCUT2D eigenvalue weighted by atomic mass is 10.1. The summed E-state index contributed by atoms with van der Waals surface area (Å²) >= 11 is 14.2. The molecule has 3 aromatic carbocycles. The third-order valence-corrected chi connectivity index (χ3v) is 14.2. The van der Waals surface area contributed by atoms with Crippen molar-refractivity contribution in [2.75, 3.05) is 19.5 Å². The zero-order chi connectivity index (χ0) is 41.4. The van der Waals surface area contributed by atoms with E-state index in [1.165, 1.54) is 32.2 Å². The summed E-state index contributed by atoms with van der Waals surface area (Å²) in [4.78, 5) is 47.6. The largest absolute Gasteiger partial charge is 0.467 e. The highest BCUT2D eigenvalue weighted by molar-refractivity contribution is 9.40. The number of alkyl halides is 4. The molecular weight excluding hydrogens is 1010 g/mol. The number of hydrogen-bond donors (Lipinski definition) is 2. The van der Waals surface area contributed by atoms with Gasteiger partial charge in [0.05, 0.1) is 30.5 Å². The first kappa shape index (κ1) is 44.6. The van der Waals surface area contributed by atoms with Gasteiger partial charge in [-0.3, -0.25) is 10.1 Å². The molecule has 4 aromatic rings. The Bertz CT molecular complexity index is 2220. The number of anilines is 1. The normalized spacial score (nSPS) is 16.6. The molecule has 1 aliphatic carbocycles. The molecule has 1 saturated carbocycles. The monoisotopic (exact) mass is 1040 g/mol. The number of nitriles is 1. The van der Waals surface area contributed by atoms with Crippen LogP contribution in [0.3, 0.4) is 0 Å². The summed E-state index contributed by atoms with van der Waals surface area (Å²) in [6.07, 6.45) is -1.01. The zero-order valence-corrected chi connectivity index (χ0v) is 37.4. The van der Waals surface area contributed by atoms with Crippen molar-refractivity contribution >= 4 is 97.7 Å². The van der Waals surface area contributed by atoms with Crippen molar-refractivity contribution < 1.29 is 41.7 Å². The van der Waals surface area contributed by atoms with Gasteiger partial charge in [0.1, 0.15) is 30.4 Å². The van der Waals surface area contributed by atoms with Crippen LogP contribution in [0.25, 0.3) is 0 Å². The number of nitrogens with one attached hydrogen (secondary N) is 2. The molecule has 5 rings (SSSR count). The fourth-order valence-electron chi connectivity index (χ4n) is 5.49. The molecule has 0 aliphatic heterocycles. The molecule has 20 heteroatoms. The second-order valence-corrected chi connectivity index (χ2v) is 22.0. The Morgan fingerprint density at radius 3 is 2.20 bits per heavy atom. The van der Waals surface area contributed by atoms with Crippen LogP contribution in [0.1, 0.15) is 41.7 Å². The molecule has 56 heavy (non-hydrogen) atoms. The van der Waals surface area contributed by atoms with E-state index in [1.807, 2.05) is 44.2 Å². The first-order chi connectivity index (χ1) is 26.3. The standard InChI is InChI=1S/C22H19Br4NO3.C14H15N5O6S/c1-21(2)17(19(23)22(24,25)26)18(21)20(28)30-16(12-27)13-7-6-10-15(11-13)29-14-8-4-3-5-9-14;1-8-15-12(18-14(16-8)25-3)17-13(21)19-26(22,23)10-7-5-4-6-9(10)11(20)24-2/h3-11,16-19H,1-2H3;4-7H,1-3H3,(H2,15,16,17,18,19,21)/t16-,17-,18+,19?;/m1./s1. The number of urea groups is 1. The summed E-state index contributed by atoms with van der Waals surface area (Å²) in [6.45, 7) is 5.58. The average Bonchev–Trinajstić information content (AvgIpc) is 3.73. The highest BCUT2D eigenvalue weighted by Crippen LogP contribution is 2.66. The minimum Gasteiger partial charge on any atom is -0.467 e. The lowest BCUT2D eigenvalue weighted by Gasteiger charge is -2.21. The van der Waals surface area contributed by atoms with E-state index in [0.29, 0.717) is 17.1 Å². The van der Waals surface area contributed by atoms with Crippen LogP contribution < -0.4 is 19.5 Å². The quantitative estimate of drug-likeness (QED) is 0.108. The Labute approximate surface area is 356 Å². The van der Waals surface area contributed by atoms with Gasteiger partial charge in [0, 0.05) is 5.56 Å². The third-order valence-electron chi connectivity index (χ3n) is 8.23. The van der Waals surface area contributed by atoms with Crippen LogP contribution in [0.5, 0.6) is 17.5 Å². The first-order valence-corrected chi connectivity index (χ1v) is 21.0. The van der Waals surface area contributed by atoms with Crippen molar-refractivity contribution in [2.24, 2.45) is 17.3 Å². The summed E-state index contributed by atoms with van der Waals surface area (Å²) in [5.41, 5.74) is 0.0952. The van der Waals surface area contributed by atoms with Crippen molar-refractivity contribution in [3.05, 3.63) is 95.8 Å². The Balaban J connectivity index is 0.000000251. The molecular formula is C36H34Br4N6O9S. The molecule has 1 fully saturated rings. The van der Waals surface area contributed by atoms with Crippen molar-refractivity contribution in [2.45, 2.75) is 38.7 Å². The summed E-state index contributed by atoms with van der Waals surface area (Å²) < 4.78 is 46.9. The van der Waals surface area contributed by atoms with Crippen molar-refractivity contribution in [1.29, 1.82) is 5.26 Å². The minimum atomic E-state index is -4.36. The molecule has 2 amide bonds. The Kier molecular flexibility index (Phi) is 15.0. The van der Waals surface area contributed by atoms with E-state index in [4.69, 9.17) is 14.2 Å². The van der Waals surface area contributed by atoms with Crippen LogP contribution in [0, 0.1) is 35.5 Å². The summed E-state index contributed by atoms with van der Waals surface area (Å²) in [5, 5.41) is 11.8. The summed E-state index contributed by atoms with van der Waals surface area (Å²) in [6, 6.07) is 22.6. The smallest absolute Gasteiger partial charge is 0.339 e. The maximum absolute atomic E-state index is 12.9. The molecule has 0 radical (unpaired) electrons. The fourth-order valence-corrected chi connectivity index (χ4v) is 8.43. The van der Waals surface area contributed by atoms with Gasteiger partial charge in [-0.2, -0.15) is 20.2 Å². The number of para-hydroxylation sites is 1. The van der Waals surface area contributed by atoms with E-state index in [9.17, 15) is 28.1 Å². The van der Waals surface area contributed by atoms with Gasteiger partial charge in [-0.15, -0.1) is 0 Å². The van der Waals surface area contributed by atoms with E-state index in [2.05, 4.69) is 94.8 Å². The predicted octanol–water partition coefficient (Wildman–Crippen LogP) is 7.95. The van der Waals surface area contributed by atoms with E-state index in [1.54, 1.807) is 29.0 Å². The van der Waals surface area contributed by atoms with Gasteiger partial charge in [0.15, 0.2) is 0 Å². The molecule has 296 valence electrons. The fraction of sp³-hybridized carbons (Fsp3) is 0.306. The summed E-state index contributed by atoms with van der Waals surface area (Å²) in [7, 11) is -1.92. The number of ether oxygens (including phenoxy) is 4. The van der Waals surface area contributed by atoms with Crippen molar-refractivity contribution in [3.8, 4) is 23.6 Å². The molecule has 2 N–H and O–H groups in total. The molecule has 0 spiro atoms. The lowest BCUT2D eigenvalue weighted by Crippen LogP contribution is -2.35. The molecule has 1 heterocycles. The molecule has 15 nitrogen and oxygen atoms in total. The van der Waals surface area contributed by atoms with Gasteiger partial charge in [0.25, 0.3) is 10.0 Å². The Morgan fingerprint density at radius 1 is 0.929 bits per heavy atom. The third kappa shape index (κ3) is 11.5. The van der Waals surface area contributed by atoms with Crippen LogP contribution >= 0.6 is 63.7 Å². The molecule has 1 aliphatic rings. The lowest BCUT2D eigenvalue weighted by molar-refractivity contribution is -0.149. The van der Waals surface area contributed by atoms with E-state index >= 15 is 0 Å². The summed E-state index contributed by atoms with van der Waals surface area (Å²) in [5.74, 6) is -0.230. The van der Waals surface area contributed by atoms with Gasteiger partial charge in [-0.25, -0.2) is 22.7 Å². The van der Waals surface area contributed by atoms with Gasteiger partial charge in [0.2, 0.25) is 12.1 Å². The molecule has 1 aromatic heterocycles. The van der Waals surface area contributed by atoms with E-state index in [0.717, 1.165) is 13.2 Å². The predicted molar refractivity (Wildman–Crippen MR) is 219 cm³/mol. The number of sulfonamides is 1. The van der Waals surface area contributed by atoms with Gasteiger partial charge < -0.3 is 18.9 Å². The van der Waals surface area contributed by atoms with Gasteiger partial charge >= 0.3 is 24.0 Å². The molecule has 4 atom stereocenters. The topological polar surface area (TPSA) is 209 Å². The Morgan fingerprint density at radius 2 is 1.57 bits per heavy atom. The van der Waals surface area contributed by atoms with Crippen LogP contribution in [0.2, 0.25) is 0 Å². The first-order valence-electron chi connectivity index (χ1n) is 16.2. The van der Waals surface area contributed by atoms with Crippen molar-refractivity contribution in [3.63, 3.8) is 0 Å². The number of aryl methyl sites for hydroxylation is 1. The van der Waals surface area contributed by atoms with E-state index in [-0.39, 0.29) is 51.4 Å². The SMILES string of the molecule is CC1(C)[C@H](C(=O)O[C@H](C#N)c2cccc(Oc3ccccc3)c2)[C@@H]1C(Br)C(Br)(Br)Br.COC(=O)c1ccccc1S(=O)(=O)NC(=O)Nc1nc(C)nc(OC)n1. The molecule has 0 saturated heterocycles. The van der Waals surface area contributed by atoms with Crippen molar-refractivity contribution in [1.82, 2.24) is 19.7 Å².